The van der Waals surface area contributed by atoms with Crippen LogP contribution >= 0.6 is 23.2 Å². The number of imidazole rings is 1. The minimum atomic E-state index is -0.210. The highest BCUT2D eigenvalue weighted by molar-refractivity contribution is 6.35. The summed E-state index contributed by atoms with van der Waals surface area (Å²) in [4.78, 5) is 4.10. The molecule has 2 aromatic rings. The van der Waals surface area contributed by atoms with Gasteiger partial charge in [0.15, 0.2) is 0 Å². The number of halogens is 2. The van der Waals surface area contributed by atoms with Crippen molar-refractivity contribution in [1.29, 1.82) is 0 Å². The van der Waals surface area contributed by atoms with Crippen molar-refractivity contribution in [1.82, 2.24) is 9.55 Å². The Kier molecular flexibility index (Phi) is 5.30. The average Bonchev–Trinajstić information content (AvgIpc) is 2.88. The van der Waals surface area contributed by atoms with E-state index in [-0.39, 0.29) is 5.04 Å². The topological polar surface area (TPSA) is 17.8 Å². The Labute approximate surface area is 133 Å². The van der Waals surface area contributed by atoms with Crippen molar-refractivity contribution >= 4 is 33.4 Å². The maximum atomic E-state index is 6.39. The standard InChI is InChI=1S/C15H17Cl2N2Si/c1-2-3-6-15(20,10-19-8-7-18-11-19)13-5-4-12(16)9-14(13)17/h4-5,7-9,11H,2-3,6,10H2,1H3. The minimum Gasteiger partial charge on any atom is -0.337 e. The van der Waals surface area contributed by atoms with Crippen LogP contribution in [0.15, 0.2) is 36.9 Å². The zero-order valence-corrected chi connectivity index (χ0v) is 14.0. The Hall–Kier alpha value is -0.773. The van der Waals surface area contributed by atoms with Crippen molar-refractivity contribution in [2.75, 3.05) is 0 Å². The molecule has 5 heteroatoms. The summed E-state index contributed by atoms with van der Waals surface area (Å²) < 4.78 is 2.06. The lowest BCUT2D eigenvalue weighted by Gasteiger charge is -2.31. The Morgan fingerprint density at radius 1 is 1.35 bits per heavy atom. The Bertz CT molecular complexity index is 557. The molecule has 3 radical (unpaired) electrons. The molecule has 1 heterocycles. The van der Waals surface area contributed by atoms with E-state index < -0.39 is 0 Å². The van der Waals surface area contributed by atoms with Crippen molar-refractivity contribution in [2.45, 2.75) is 37.8 Å². The van der Waals surface area contributed by atoms with Gasteiger partial charge in [0, 0.05) is 44.3 Å². The van der Waals surface area contributed by atoms with Gasteiger partial charge in [-0.3, -0.25) is 0 Å². The molecule has 105 valence electrons. The van der Waals surface area contributed by atoms with Crippen LogP contribution in [0.4, 0.5) is 0 Å². The van der Waals surface area contributed by atoms with Crippen LogP contribution in [-0.4, -0.2) is 19.8 Å². The van der Waals surface area contributed by atoms with E-state index in [1.807, 2.05) is 24.7 Å². The van der Waals surface area contributed by atoms with Gasteiger partial charge < -0.3 is 4.57 Å². The highest BCUT2D eigenvalue weighted by Crippen LogP contribution is 2.35. The smallest absolute Gasteiger partial charge is 0.0946 e. The molecule has 2 nitrogen and oxygen atoms in total. The van der Waals surface area contributed by atoms with E-state index >= 15 is 0 Å². The second kappa shape index (κ2) is 6.79. The third kappa shape index (κ3) is 3.66. The molecule has 0 spiro atoms. The fourth-order valence-corrected chi connectivity index (χ4v) is 3.59. The number of rotatable bonds is 6. The second-order valence-corrected chi connectivity index (χ2v) is 6.85. The predicted octanol–water partition coefficient (Wildman–Crippen LogP) is 4.44. The van der Waals surface area contributed by atoms with Gasteiger partial charge >= 0.3 is 0 Å². The molecule has 0 aliphatic heterocycles. The Morgan fingerprint density at radius 2 is 2.15 bits per heavy atom. The molecule has 0 N–H and O–H groups in total. The van der Waals surface area contributed by atoms with Crippen molar-refractivity contribution < 1.29 is 0 Å². The van der Waals surface area contributed by atoms with E-state index in [1.165, 1.54) is 0 Å². The molecule has 0 bridgehead atoms. The summed E-state index contributed by atoms with van der Waals surface area (Å²) in [5.41, 5.74) is 1.07. The highest BCUT2D eigenvalue weighted by atomic mass is 35.5. The van der Waals surface area contributed by atoms with Crippen LogP contribution in [0.2, 0.25) is 10.0 Å². The van der Waals surface area contributed by atoms with Crippen LogP contribution in [0.3, 0.4) is 0 Å². The molecule has 1 unspecified atom stereocenters. The molecule has 20 heavy (non-hydrogen) atoms. The maximum absolute atomic E-state index is 6.39. The molecule has 2 rings (SSSR count). The highest BCUT2D eigenvalue weighted by Gasteiger charge is 2.29. The number of hydrogen-bond donors (Lipinski definition) is 0. The molecule has 0 saturated carbocycles. The van der Waals surface area contributed by atoms with Crippen LogP contribution in [-0.2, 0) is 11.6 Å². The summed E-state index contributed by atoms with van der Waals surface area (Å²) >= 11 is 12.4. The van der Waals surface area contributed by atoms with Gasteiger partial charge in [0.05, 0.1) is 6.33 Å². The molecular formula is C15H17Cl2N2Si. The molecule has 0 fully saturated rings. The van der Waals surface area contributed by atoms with E-state index in [9.17, 15) is 0 Å². The molecule has 0 amide bonds. The first-order valence-corrected chi connectivity index (χ1v) is 7.97. The Balaban J connectivity index is 2.34. The van der Waals surface area contributed by atoms with E-state index in [1.54, 1.807) is 12.3 Å². The fourth-order valence-electron chi connectivity index (χ4n) is 2.35. The normalized spacial score (nSPS) is 14.2. The van der Waals surface area contributed by atoms with Gasteiger partial charge in [-0.2, -0.15) is 0 Å². The van der Waals surface area contributed by atoms with Crippen LogP contribution < -0.4 is 0 Å². The summed E-state index contributed by atoms with van der Waals surface area (Å²) in [7, 11) is 3.98. The second-order valence-electron chi connectivity index (χ2n) is 5.04. The molecule has 0 aliphatic rings. The molecule has 1 aromatic carbocycles. The lowest BCUT2D eigenvalue weighted by atomic mass is 9.91. The monoisotopic (exact) mass is 323 g/mol. The summed E-state index contributed by atoms with van der Waals surface area (Å²) in [6.07, 6.45) is 8.84. The van der Waals surface area contributed by atoms with E-state index in [2.05, 4.69) is 26.7 Å². The van der Waals surface area contributed by atoms with Gasteiger partial charge in [-0.15, -0.1) is 0 Å². The average molecular weight is 324 g/mol. The van der Waals surface area contributed by atoms with Crippen molar-refractivity contribution in [3.8, 4) is 0 Å². The number of benzene rings is 1. The van der Waals surface area contributed by atoms with Crippen LogP contribution in [0.1, 0.15) is 31.7 Å². The predicted molar refractivity (Wildman–Crippen MR) is 85.6 cm³/mol. The summed E-state index contributed by atoms with van der Waals surface area (Å²) in [6, 6.07) is 5.69. The molecule has 1 aromatic heterocycles. The van der Waals surface area contributed by atoms with Gasteiger partial charge in [-0.25, -0.2) is 4.98 Å². The molecular weight excluding hydrogens is 307 g/mol. The van der Waals surface area contributed by atoms with Gasteiger partial charge in [0.1, 0.15) is 0 Å². The van der Waals surface area contributed by atoms with Crippen molar-refractivity contribution in [3.63, 3.8) is 0 Å². The zero-order chi connectivity index (χ0) is 14.6. The first kappa shape index (κ1) is 15.6. The number of hydrogen-bond acceptors (Lipinski definition) is 1. The van der Waals surface area contributed by atoms with Crippen LogP contribution in [0.5, 0.6) is 0 Å². The van der Waals surface area contributed by atoms with Crippen LogP contribution in [0, 0.1) is 0 Å². The maximum Gasteiger partial charge on any atom is 0.0946 e. The quantitative estimate of drug-likeness (QED) is 0.718. The van der Waals surface area contributed by atoms with E-state index in [0.717, 1.165) is 31.4 Å². The van der Waals surface area contributed by atoms with Gasteiger partial charge in [-0.1, -0.05) is 49.0 Å². The lowest BCUT2D eigenvalue weighted by molar-refractivity contribution is 0.450. The zero-order valence-electron chi connectivity index (χ0n) is 11.4. The largest absolute Gasteiger partial charge is 0.337 e. The fraction of sp³-hybridized carbons (Fsp3) is 0.400. The molecule has 0 saturated heterocycles. The lowest BCUT2D eigenvalue weighted by Crippen LogP contribution is -2.32. The van der Waals surface area contributed by atoms with E-state index in [0.29, 0.717) is 10.0 Å². The number of unbranched alkanes of at least 4 members (excludes halogenated alkanes) is 1. The first-order valence-electron chi connectivity index (χ1n) is 6.71. The third-order valence-electron chi connectivity index (χ3n) is 3.42. The van der Waals surface area contributed by atoms with Crippen molar-refractivity contribution in [3.05, 3.63) is 52.5 Å². The third-order valence-corrected chi connectivity index (χ3v) is 4.64. The SMILES string of the molecule is CCCCC([Si])(Cn1ccnc1)c1ccc(Cl)cc1Cl. The number of nitrogens with zero attached hydrogens (tertiary/aromatic N) is 2. The van der Waals surface area contributed by atoms with Crippen LogP contribution in [0.25, 0.3) is 0 Å². The summed E-state index contributed by atoms with van der Waals surface area (Å²) in [5, 5.41) is 1.15. The number of aromatic nitrogens is 2. The van der Waals surface area contributed by atoms with Crippen molar-refractivity contribution in [2.24, 2.45) is 0 Å². The van der Waals surface area contributed by atoms with E-state index in [4.69, 9.17) is 23.2 Å². The Morgan fingerprint density at radius 3 is 2.75 bits per heavy atom. The van der Waals surface area contributed by atoms with Gasteiger partial charge in [0.25, 0.3) is 0 Å². The molecule has 0 aliphatic carbocycles. The van der Waals surface area contributed by atoms with Gasteiger partial charge in [-0.05, 0) is 24.1 Å². The van der Waals surface area contributed by atoms with Gasteiger partial charge in [0.2, 0.25) is 0 Å². The summed E-state index contributed by atoms with van der Waals surface area (Å²) in [5.74, 6) is 0. The minimum absolute atomic E-state index is 0.210. The summed E-state index contributed by atoms with van der Waals surface area (Å²) in [6.45, 7) is 2.97. The first-order chi connectivity index (χ1) is 9.55. The molecule has 1 atom stereocenters.